The van der Waals surface area contributed by atoms with Crippen molar-refractivity contribution in [2.45, 2.75) is 19.0 Å². The third-order valence-electron chi connectivity index (χ3n) is 3.42. The monoisotopic (exact) mass is 367 g/mol. The van der Waals surface area contributed by atoms with Gasteiger partial charge < -0.3 is 10.2 Å². The van der Waals surface area contributed by atoms with Crippen molar-refractivity contribution in [3.8, 4) is 0 Å². The number of hydrogen-bond acceptors (Lipinski definition) is 3. The predicted octanol–water partition coefficient (Wildman–Crippen LogP) is 3.90. The van der Waals surface area contributed by atoms with E-state index in [0.29, 0.717) is 0 Å². The van der Waals surface area contributed by atoms with Gasteiger partial charge in [-0.25, -0.2) is 0 Å². The van der Waals surface area contributed by atoms with Crippen molar-refractivity contribution >= 4 is 44.6 Å². The first-order valence-corrected chi connectivity index (χ1v) is 8.45. The Morgan fingerprint density at radius 3 is 2.85 bits per heavy atom. The summed E-state index contributed by atoms with van der Waals surface area (Å²) in [7, 11) is 0. The Bertz CT molecular complexity index is 614. The molecule has 0 aliphatic carbocycles. The van der Waals surface area contributed by atoms with Gasteiger partial charge in [-0.1, -0.05) is 6.07 Å². The Kier molecular flexibility index (Phi) is 4.05. The third kappa shape index (κ3) is 2.47. The van der Waals surface area contributed by atoms with Crippen LogP contribution in [-0.2, 0) is 0 Å². The van der Waals surface area contributed by atoms with E-state index in [9.17, 15) is 0 Å². The van der Waals surface area contributed by atoms with Crippen LogP contribution in [0.1, 0.15) is 29.6 Å². The molecule has 104 valence electrons. The number of likely N-dealkylation sites (N-methyl/N-ethyl adjacent to an activating group) is 1. The van der Waals surface area contributed by atoms with Crippen LogP contribution in [0.3, 0.4) is 0 Å². The Labute approximate surface area is 136 Å². The molecule has 0 radical (unpaired) electrons. The number of thiocarbonyl (C=S) groups is 1. The summed E-state index contributed by atoms with van der Waals surface area (Å²) >= 11 is 10.8. The minimum absolute atomic E-state index is 0.106. The van der Waals surface area contributed by atoms with E-state index in [-0.39, 0.29) is 12.1 Å². The van der Waals surface area contributed by atoms with Crippen LogP contribution in [0.5, 0.6) is 0 Å². The van der Waals surface area contributed by atoms with Crippen LogP contribution >= 0.6 is 39.5 Å². The molecule has 2 aromatic heterocycles. The van der Waals surface area contributed by atoms with Crippen molar-refractivity contribution in [1.29, 1.82) is 0 Å². The number of nitrogens with zero attached hydrogens (tertiary/aromatic N) is 2. The van der Waals surface area contributed by atoms with E-state index in [1.165, 1.54) is 4.88 Å². The van der Waals surface area contributed by atoms with Crippen molar-refractivity contribution in [3.63, 3.8) is 0 Å². The number of nitrogens with one attached hydrogen (secondary N) is 1. The molecule has 0 unspecified atom stereocenters. The molecule has 2 aromatic rings. The van der Waals surface area contributed by atoms with Crippen LogP contribution in [0.2, 0.25) is 0 Å². The number of hydrogen-bond donors (Lipinski definition) is 1. The lowest BCUT2D eigenvalue weighted by atomic mass is 10.0. The molecule has 20 heavy (non-hydrogen) atoms. The maximum Gasteiger partial charge on any atom is 0.170 e. The summed E-state index contributed by atoms with van der Waals surface area (Å²) in [5.41, 5.74) is 1.03. The molecule has 1 fully saturated rings. The van der Waals surface area contributed by atoms with Crippen molar-refractivity contribution in [2.75, 3.05) is 6.54 Å². The fourth-order valence-electron chi connectivity index (χ4n) is 2.54. The fraction of sp³-hybridized carbons (Fsp3) is 0.286. The lowest BCUT2D eigenvalue weighted by molar-refractivity contribution is 0.335. The highest BCUT2D eigenvalue weighted by Gasteiger charge is 2.39. The Morgan fingerprint density at radius 2 is 2.25 bits per heavy atom. The van der Waals surface area contributed by atoms with Crippen LogP contribution < -0.4 is 5.32 Å². The van der Waals surface area contributed by atoms with Gasteiger partial charge in [0.2, 0.25) is 0 Å². The molecule has 0 spiro atoms. The van der Waals surface area contributed by atoms with E-state index in [2.05, 4.69) is 56.3 Å². The zero-order chi connectivity index (χ0) is 14.1. The lowest BCUT2D eigenvalue weighted by Gasteiger charge is -2.25. The molecular formula is C14H14BrN3S2. The lowest BCUT2D eigenvalue weighted by Crippen LogP contribution is -2.28. The van der Waals surface area contributed by atoms with E-state index in [1.54, 1.807) is 11.3 Å². The maximum atomic E-state index is 5.48. The van der Waals surface area contributed by atoms with Crippen LogP contribution in [0.15, 0.2) is 40.3 Å². The van der Waals surface area contributed by atoms with Crippen molar-refractivity contribution in [3.05, 3.63) is 50.9 Å². The Hall–Kier alpha value is -0.980. The van der Waals surface area contributed by atoms with Crippen LogP contribution in [0.25, 0.3) is 0 Å². The van der Waals surface area contributed by atoms with Gasteiger partial charge in [-0.15, -0.1) is 11.3 Å². The zero-order valence-corrected chi connectivity index (χ0v) is 14.1. The topological polar surface area (TPSA) is 28.2 Å². The van der Waals surface area contributed by atoms with Gasteiger partial charge in [-0.05, 0) is 59.3 Å². The SMILES string of the molecule is CCN1C(=S)N[C@@H](c2ccccn2)[C@@H]1c1ccc(Br)s1. The first kappa shape index (κ1) is 14.0. The molecule has 1 aliphatic heterocycles. The van der Waals surface area contributed by atoms with E-state index >= 15 is 0 Å². The van der Waals surface area contributed by atoms with Gasteiger partial charge in [0.05, 0.1) is 21.6 Å². The number of rotatable bonds is 3. The second kappa shape index (κ2) is 5.79. The van der Waals surface area contributed by atoms with Crippen molar-refractivity contribution < 1.29 is 0 Å². The van der Waals surface area contributed by atoms with E-state index in [1.807, 2.05) is 18.3 Å². The Balaban J connectivity index is 2.02. The average Bonchev–Trinajstić information content (AvgIpc) is 3.03. The van der Waals surface area contributed by atoms with Crippen LogP contribution in [-0.4, -0.2) is 21.5 Å². The van der Waals surface area contributed by atoms with Gasteiger partial charge in [0.25, 0.3) is 0 Å². The quantitative estimate of drug-likeness (QED) is 0.832. The normalized spacial score (nSPS) is 22.1. The number of thiophene rings is 1. The van der Waals surface area contributed by atoms with E-state index in [0.717, 1.165) is 21.1 Å². The number of pyridine rings is 1. The van der Waals surface area contributed by atoms with Gasteiger partial charge in [0.15, 0.2) is 5.11 Å². The first-order valence-electron chi connectivity index (χ1n) is 6.44. The van der Waals surface area contributed by atoms with Crippen molar-refractivity contribution in [1.82, 2.24) is 15.2 Å². The molecule has 0 bridgehead atoms. The molecule has 0 aromatic carbocycles. The maximum absolute atomic E-state index is 5.48. The molecule has 2 atom stereocenters. The molecule has 6 heteroatoms. The van der Waals surface area contributed by atoms with E-state index < -0.39 is 0 Å². The zero-order valence-electron chi connectivity index (χ0n) is 10.9. The Morgan fingerprint density at radius 1 is 1.40 bits per heavy atom. The van der Waals surface area contributed by atoms with Gasteiger partial charge >= 0.3 is 0 Å². The summed E-state index contributed by atoms with van der Waals surface area (Å²) in [6.07, 6.45) is 1.83. The highest BCUT2D eigenvalue weighted by Crippen LogP contribution is 2.41. The number of halogens is 1. The molecule has 0 saturated carbocycles. The third-order valence-corrected chi connectivity index (χ3v) is 5.47. The largest absolute Gasteiger partial charge is 0.352 e. The van der Waals surface area contributed by atoms with Gasteiger partial charge in [0.1, 0.15) is 0 Å². The molecular weight excluding hydrogens is 354 g/mol. The second-order valence-corrected chi connectivity index (χ2v) is 7.44. The summed E-state index contributed by atoms with van der Waals surface area (Å²) in [5, 5.41) is 4.22. The van der Waals surface area contributed by atoms with Crippen LogP contribution in [0, 0.1) is 0 Å². The van der Waals surface area contributed by atoms with Gasteiger partial charge in [-0.2, -0.15) is 0 Å². The summed E-state index contributed by atoms with van der Waals surface area (Å²) in [5.74, 6) is 0. The van der Waals surface area contributed by atoms with Gasteiger partial charge in [0, 0.05) is 17.6 Å². The minimum atomic E-state index is 0.106. The summed E-state index contributed by atoms with van der Waals surface area (Å²) in [6.45, 7) is 3.01. The predicted molar refractivity (Wildman–Crippen MR) is 89.9 cm³/mol. The molecule has 3 nitrogen and oxygen atoms in total. The molecule has 1 saturated heterocycles. The fourth-order valence-corrected chi connectivity index (χ4v) is 4.49. The highest BCUT2D eigenvalue weighted by atomic mass is 79.9. The average molecular weight is 368 g/mol. The van der Waals surface area contributed by atoms with Crippen LogP contribution in [0.4, 0.5) is 0 Å². The smallest absolute Gasteiger partial charge is 0.170 e. The molecule has 1 N–H and O–H groups in total. The molecule has 1 aliphatic rings. The minimum Gasteiger partial charge on any atom is -0.352 e. The number of aromatic nitrogens is 1. The van der Waals surface area contributed by atoms with E-state index in [4.69, 9.17) is 12.2 Å². The van der Waals surface area contributed by atoms with Gasteiger partial charge in [-0.3, -0.25) is 4.98 Å². The summed E-state index contributed by atoms with van der Waals surface area (Å²) < 4.78 is 1.14. The first-order chi connectivity index (χ1) is 9.70. The van der Waals surface area contributed by atoms with Crippen molar-refractivity contribution in [2.24, 2.45) is 0 Å². The summed E-state index contributed by atoms with van der Waals surface area (Å²) in [4.78, 5) is 8.01. The second-order valence-electron chi connectivity index (χ2n) is 4.55. The molecule has 3 rings (SSSR count). The molecule has 3 heterocycles. The standard InChI is InChI=1S/C14H14BrN3S2/c1-2-18-13(10-6-7-11(15)20-10)12(17-14(18)19)9-5-3-4-8-16-9/h3-8,12-13H,2H2,1H3,(H,17,19)/t12-,13-/m0/s1. The summed E-state index contributed by atoms with van der Waals surface area (Å²) in [6, 6.07) is 10.6. The highest BCUT2D eigenvalue weighted by molar-refractivity contribution is 9.11. The molecule has 0 amide bonds.